The minimum absolute atomic E-state index is 0.721. The molecule has 0 aliphatic carbocycles. The predicted octanol–water partition coefficient (Wildman–Crippen LogP) is 3.34. The first-order chi connectivity index (χ1) is 7.36. The van der Waals surface area contributed by atoms with Gasteiger partial charge in [0.1, 0.15) is 0 Å². The summed E-state index contributed by atoms with van der Waals surface area (Å²) in [5.74, 6) is 4.70. The third-order valence-corrected chi connectivity index (χ3v) is 9.56. The zero-order valence-electron chi connectivity index (χ0n) is 8.94. The Kier molecular flexibility index (Phi) is 3.88. The molecule has 0 amide bonds. The first-order valence-electron chi connectivity index (χ1n) is 4.90. The Morgan fingerprint density at radius 2 is 1.53 bits per heavy atom. The van der Waals surface area contributed by atoms with Gasteiger partial charge < -0.3 is 0 Å². The molecule has 0 spiro atoms. The molecule has 2 rings (SSSR count). The van der Waals surface area contributed by atoms with Gasteiger partial charge in [-0.25, -0.2) is 0 Å². The summed E-state index contributed by atoms with van der Waals surface area (Å²) >= 11 is 1.44. The molecule has 2 heteroatoms. The second-order valence-electron chi connectivity index (χ2n) is 3.37. The van der Waals surface area contributed by atoms with Crippen molar-refractivity contribution in [2.24, 2.45) is 0 Å². The van der Waals surface area contributed by atoms with Crippen molar-refractivity contribution in [1.29, 1.82) is 0 Å². The van der Waals surface area contributed by atoms with Crippen molar-refractivity contribution in [3.05, 3.63) is 48.0 Å². The van der Waals surface area contributed by atoms with Crippen molar-refractivity contribution >= 4 is 40.7 Å². The van der Waals surface area contributed by atoms with Gasteiger partial charge in [0.15, 0.2) is 0 Å². The van der Waals surface area contributed by atoms with Crippen LogP contribution in [0.25, 0.3) is 10.8 Å². The number of fused-ring (bicyclic) bond motifs is 1. The number of hydrogen-bond donors (Lipinski definition) is 0. The fraction of sp³-hybridized carbons (Fsp3) is 0.231. The Bertz CT molecular complexity index is 442. The molecule has 0 aromatic heterocycles. The van der Waals surface area contributed by atoms with Gasteiger partial charge in [-0.1, -0.05) is 0 Å². The van der Waals surface area contributed by atoms with Gasteiger partial charge in [-0.15, -0.1) is 0 Å². The van der Waals surface area contributed by atoms with Crippen molar-refractivity contribution < 1.29 is 0 Å². The summed E-state index contributed by atoms with van der Waals surface area (Å²) in [5.41, 5.74) is 1.57. The van der Waals surface area contributed by atoms with Crippen molar-refractivity contribution in [2.45, 2.75) is 15.4 Å². The van der Waals surface area contributed by atoms with Crippen LogP contribution in [0, 0.1) is 0 Å². The van der Waals surface area contributed by atoms with Gasteiger partial charge in [0.05, 0.1) is 0 Å². The zero-order valence-corrected chi connectivity index (χ0v) is 12.4. The first kappa shape index (κ1) is 11.2. The number of hydrogen-bond acceptors (Lipinski definition) is 0. The van der Waals surface area contributed by atoms with E-state index in [0.717, 1.165) is 33.6 Å². The van der Waals surface area contributed by atoms with E-state index in [-0.39, 0.29) is 0 Å². The van der Waals surface area contributed by atoms with Crippen molar-refractivity contribution in [1.82, 2.24) is 0 Å². The van der Waals surface area contributed by atoms with Gasteiger partial charge in [0.2, 0.25) is 0 Å². The molecule has 15 heavy (non-hydrogen) atoms. The van der Waals surface area contributed by atoms with Gasteiger partial charge in [0, 0.05) is 0 Å². The van der Waals surface area contributed by atoms with Crippen LogP contribution in [0.15, 0.2) is 42.5 Å². The van der Waals surface area contributed by atoms with E-state index >= 15 is 0 Å². The molecule has 0 bridgehead atoms. The summed E-state index contributed by atoms with van der Waals surface area (Å²) in [4.78, 5) is 0. The maximum atomic E-state index is 2.35. The fourth-order valence-electron chi connectivity index (χ4n) is 1.81. The average Bonchev–Trinajstić information content (AvgIpc) is 2.31. The third kappa shape index (κ3) is 2.29. The monoisotopic (exact) mass is 330 g/mol. The van der Waals surface area contributed by atoms with E-state index in [1.807, 2.05) is 0 Å². The molecule has 2 aromatic carbocycles. The molecule has 0 nitrogen and oxygen atoms in total. The van der Waals surface area contributed by atoms with Gasteiger partial charge >= 0.3 is 104 Å². The molecule has 0 saturated heterocycles. The molecule has 0 aliphatic heterocycles. The van der Waals surface area contributed by atoms with Crippen molar-refractivity contribution in [3.8, 4) is 0 Å². The third-order valence-electron chi connectivity index (χ3n) is 2.51. The molecule has 0 fully saturated rings. The van der Waals surface area contributed by atoms with Crippen LogP contribution >= 0.6 is 0 Å². The average molecular weight is 328 g/mol. The van der Waals surface area contributed by atoms with E-state index in [1.165, 1.54) is 10.8 Å². The van der Waals surface area contributed by atoms with Gasteiger partial charge in [-0.2, -0.15) is 0 Å². The van der Waals surface area contributed by atoms with Crippen molar-refractivity contribution in [3.63, 3.8) is 0 Å². The molecule has 0 atom stereocenters. The van der Waals surface area contributed by atoms with E-state index in [9.17, 15) is 0 Å². The Labute approximate surface area is 104 Å². The SMILES string of the molecule is C[Se]C([Se]C)c1cccc2ccccc12. The Morgan fingerprint density at radius 3 is 2.27 bits per heavy atom. The van der Waals surface area contributed by atoms with Crippen LogP contribution in [0.1, 0.15) is 9.28 Å². The molecular formula is C13H14Se2. The summed E-state index contributed by atoms with van der Waals surface area (Å²) in [6.45, 7) is 0. The van der Waals surface area contributed by atoms with Crippen LogP contribution in [-0.4, -0.2) is 29.9 Å². The summed E-state index contributed by atoms with van der Waals surface area (Å²) in [6.07, 6.45) is 0. The molecule has 0 N–H and O–H groups in total. The van der Waals surface area contributed by atoms with Gasteiger partial charge in [0.25, 0.3) is 0 Å². The second kappa shape index (κ2) is 5.18. The summed E-state index contributed by atoms with van der Waals surface area (Å²) in [5, 5.41) is 2.84. The van der Waals surface area contributed by atoms with E-state index in [0.29, 0.717) is 0 Å². The molecular weight excluding hydrogens is 314 g/mol. The Balaban J connectivity index is 2.59. The van der Waals surface area contributed by atoms with E-state index in [1.54, 1.807) is 5.56 Å². The maximum absolute atomic E-state index is 2.35. The molecule has 0 saturated carbocycles. The second-order valence-corrected chi connectivity index (χ2v) is 8.84. The van der Waals surface area contributed by atoms with Crippen LogP contribution in [0.5, 0.6) is 0 Å². The van der Waals surface area contributed by atoms with Crippen LogP contribution in [0.3, 0.4) is 0 Å². The van der Waals surface area contributed by atoms with Gasteiger partial charge in [-0.3, -0.25) is 0 Å². The van der Waals surface area contributed by atoms with Crippen LogP contribution in [-0.2, 0) is 0 Å². The summed E-state index contributed by atoms with van der Waals surface area (Å²) < 4.78 is 0.830. The Morgan fingerprint density at radius 1 is 0.867 bits per heavy atom. The molecule has 2 aromatic rings. The quantitative estimate of drug-likeness (QED) is 0.758. The Hall–Kier alpha value is -0.261. The number of benzene rings is 2. The first-order valence-corrected chi connectivity index (χ1v) is 10.3. The fourth-order valence-corrected chi connectivity index (χ4v) is 6.24. The molecule has 78 valence electrons. The van der Waals surface area contributed by atoms with Crippen LogP contribution < -0.4 is 0 Å². The van der Waals surface area contributed by atoms with Crippen molar-refractivity contribution in [2.75, 3.05) is 0 Å². The number of rotatable bonds is 3. The summed E-state index contributed by atoms with van der Waals surface area (Å²) in [7, 11) is 0. The van der Waals surface area contributed by atoms with Crippen LogP contribution in [0.2, 0.25) is 11.6 Å². The van der Waals surface area contributed by atoms with E-state index in [4.69, 9.17) is 0 Å². The summed E-state index contributed by atoms with van der Waals surface area (Å²) in [6, 6.07) is 15.5. The van der Waals surface area contributed by atoms with Crippen LogP contribution in [0.4, 0.5) is 0 Å². The standard InChI is InChI=1S/C13H14Se2/c1-14-13(15-2)12-9-5-7-10-6-3-4-8-11(10)12/h3-9,13H,1-2H3. The molecule has 0 radical (unpaired) electrons. The predicted molar refractivity (Wildman–Crippen MR) is 69.9 cm³/mol. The molecule has 0 aliphatic rings. The zero-order chi connectivity index (χ0) is 10.7. The normalized spacial score (nSPS) is 11.1. The van der Waals surface area contributed by atoms with E-state index < -0.39 is 0 Å². The molecule has 0 unspecified atom stereocenters. The van der Waals surface area contributed by atoms with E-state index in [2.05, 4.69) is 54.1 Å². The molecule has 0 heterocycles. The minimum atomic E-state index is 0.721. The topological polar surface area (TPSA) is 0 Å². The van der Waals surface area contributed by atoms with Gasteiger partial charge in [-0.05, 0) is 0 Å².